The Morgan fingerprint density at radius 3 is 2.58 bits per heavy atom. The summed E-state index contributed by atoms with van der Waals surface area (Å²) in [5.74, 6) is 1.01. The molecule has 0 N–H and O–H groups in total. The van der Waals surface area contributed by atoms with Crippen molar-refractivity contribution in [3.8, 4) is 0 Å². The molecule has 1 heterocycles. The van der Waals surface area contributed by atoms with Crippen LogP contribution in [-0.4, -0.2) is 29.9 Å². The Balaban J connectivity index is 1.71. The smallest absolute Gasteiger partial charge is 0.0463 e. The second kappa shape index (κ2) is 3.97. The van der Waals surface area contributed by atoms with Crippen LogP contribution < -0.4 is 0 Å². The molecule has 0 aromatic rings. The Kier molecular flexibility index (Phi) is 2.92. The normalized spacial score (nSPS) is 33.2. The molecule has 2 rings (SSSR count). The molecule has 2 aliphatic rings. The van der Waals surface area contributed by atoms with Gasteiger partial charge in [-0.2, -0.15) is 0 Å². The van der Waals surface area contributed by atoms with Crippen LogP contribution in [0, 0.1) is 5.92 Å². The number of rotatable bonds is 2. The molecular formula is C10H18ClN. The van der Waals surface area contributed by atoms with E-state index >= 15 is 0 Å². The lowest BCUT2D eigenvalue weighted by atomic mass is 9.85. The summed E-state index contributed by atoms with van der Waals surface area (Å²) in [5, 5.41) is 0.429. The summed E-state index contributed by atoms with van der Waals surface area (Å²) in [6.07, 6.45) is 6.92. The summed E-state index contributed by atoms with van der Waals surface area (Å²) >= 11 is 6.11. The molecule has 1 unspecified atom stereocenters. The second-order valence-electron chi connectivity index (χ2n) is 4.30. The molecule has 1 saturated carbocycles. The van der Waals surface area contributed by atoms with Gasteiger partial charge in [0.1, 0.15) is 0 Å². The van der Waals surface area contributed by atoms with Gasteiger partial charge in [-0.05, 0) is 38.1 Å². The van der Waals surface area contributed by atoms with Crippen LogP contribution >= 0.6 is 11.6 Å². The number of hydrogen-bond acceptors (Lipinski definition) is 1. The third-order valence-corrected chi connectivity index (χ3v) is 3.55. The zero-order chi connectivity index (χ0) is 8.39. The molecule has 0 spiro atoms. The van der Waals surface area contributed by atoms with Crippen molar-refractivity contribution in [2.75, 3.05) is 19.6 Å². The van der Waals surface area contributed by atoms with Crippen LogP contribution in [0.4, 0.5) is 0 Å². The van der Waals surface area contributed by atoms with Crippen LogP contribution in [0.2, 0.25) is 0 Å². The molecule has 1 aliphatic carbocycles. The molecule has 0 aromatic carbocycles. The molecule has 1 saturated heterocycles. The first-order valence-corrected chi connectivity index (χ1v) is 5.64. The number of likely N-dealkylation sites (tertiary alicyclic amines) is 1. The molecule has 0 aromatic heterocycles. The summed E-state index contributed by atoms with van der Waals surface area (Å²) in [6, 6.07) is 0. The van der Waals surface area contributed by atoms with Gasteiger partial charge < -0.3 is 4.90 Å². The average Bonchev–Trinajstić information content (AvgIpc) is 1.97. The SMILES string of the molecule is ClC1CCCN(CC2CCC2)C1. The van der Waals surface area contributed by atoms with E-state index in [1.165, 1.54) is 45.2 Å². The first-order chi connectivity index (χ1) is 5.84. The van der Waals surface area contributed by atoms with Crippen LogP contribution in [-0.2, 0) is 0 Å². The molecule has 2 heteroatoms. The number of alkyl halides is 1. The Bertz CT molecular complexity index is 145. The highest BCUT2D eigenvalue weighted by molar-refractivity contribution is 6.20. The lowest BCUT2D eigenvalue weighted by molar-refractivity contribution is 0.157. The van der Waals surface area contributed by atoms with Crippen LogP contribution in [0.3, 0.4) is 0 Å². The van der Waals surface area contributed by atoms with Crippen molar-refractivity contribution in [2.45, 2.75) is 37.5 Å². The van der Waals surface area contributed by atoms with E-state index in [-0.39, 0.29) is 0 Å². The van der Waals surface area contributed by atoms with Gasteiger partial charge in [0.25, 0.3) is 0 Å². The van der Waals surface area contributed by atoms with E-state index in [4.69, 9.17) is 11.6 Å². The monoisotopic (exact) mass is 187 g/mol. The largest absolute Gasteiger partial charge is 0.302 e. The molecule has 1 aliphatic heterocycles. The predicted octanol–water partition coefficient (Wildman–Crippen LogP) is 2.49. The summed E-state index contributed by atoms with van der Waals surface area (Å²) in [6.45, 7) is 3.75. The lowest BCUT2D eigenvalue weighted by Crippen LogP contribution is -2.40. The van der Waals surface area contributed by atoms with Crippen molar-refractivity contribution in [3.63, 3.8) is 0 Å². The average molecular weight is 188 g/mol. The molecule has 0 bridgehead atoms. The molecule has 2 fully saturated rings. The molecule has 1 nitrogen and oxygen atoms in total. The van der Waals surface area contributed by atoms with Gasteiger partial charge in [-0.15, -0.1) is 11.6 Å². The van der Waals surface area contributed by atoms with Gasteiger partial charge in [0, 0.05) is 18.5 Å². The third kappa shape index (κ3) is 2.14. The maximum Gasteiger partial charge on any atom is 0.0463 e. The van der Waals surface area contributed by atoms with Gasteiger partial charge in [0.15, 0.2) is 0 Å². The van der Waals surface area contributed by atoms with E-state index in [0.717, 1.165) is 12.5 Å². The molecule has 0 amide bonds. The molecule has 12 heavy (non-hydrogen) atoms. The van der Waals surface area contributed by atoms with Crippen molar-refractivity contribution in [3.05, 3.63) is 0 Å². The summed E-state index contributed by atoms with van der Waals surface area (Å²) in [4.78, 5) is 2.56. The van der Waals surface area contributed by atoms with Crippen LogP contribution in [0.1, 0.15) is 32.1 Å². The number of hydrogen-bond donors (Lipinski definition) is 0. The van der Waals surface area contributed by atoms with Crippen LogP contribution in [0.25, 0.3) is 0 Å². The third-order valence-electron chi connectivity index (χ3n) is 3.19. The van der Waals surface area contributed by atoms with Gasteiger partial charge in [0.2, 0.25) is 0 Å². The summed E-state index contributed by atoms with van der Waals surface area (Å²) in [5.41, 5.74) is 0. The standard InChI is InChI=1S/C10H18ClN/c11-10-5-2-6-12(8-10)7-9-3-1-4-9/h9-10H,1-8H2. The molecule has 0 radical (unpaired) electrons. The highest BCUT2D eigenvalue weighted by atomic mass is 35.5. The number of piperidine rings is 1. The highest BCUT2D eigenvalue weighted by Crippen LogP contribution is 2.28. The highest BCUT2D eigenvalue weighted by Gasteiger charge is 2.23. The van der Waals surface area contributed by atoms with Crippen LogP contribution in [0.5, 0.6) is 0 Å². The van der Waals surface area contributed by atoms with Gasteiger partial charge in [-0.25, -0.2) is 0 Å². The number of nitrogens with zero attached hydrogens (tertiary/aromatic N) is 1. The molecule has 1 atom stereocenters. The minimum atomic E-state index is 0.429. The lowest BCUT2D eigenvalue weighted by Gasteiger charge is -2.35. The Labute approximate surface area is 80.1 Å². The van der Waals surface area contributed by atoms with Crippen molar-refractivity contribution in [1.82, 2.24) is 4.90 Å². The topological polar surface area (TPSA) is 3.24 Å². The Morgan fingerprint density at radius 2 is 2.00 bits per heavy atom. The van der Waals surface area contributed by atoms with Gasteiger partial charge in [-0.3, -0.25) is 0 Å². The van der Waals surface area contributed by atoms with Crippen molar-refractivity contribution in [1.29, 1.82) is 0 Å². The van der Waals surface area contributed by atoms with E-state index in [2.05, 4.69) is 4.90 Å². The predicted molar refractivity (Wildman–Crippen MR) is 52.7 cm³/mol. The van der Waals surface area contributed by atoms with Crippen molar-refractivity contribution < 1.29 is 0 Å². The maximum atomic E-state index is 6.11. The minimum Gasteiger partial charge on any atom is -0.302 e. The Hall–Kier alpha value is 0.250. The summed E-state index contributed by atoms with van der Waals surface area (Å²) in [7, 11) is 0. The van der Waals surface area contributed by atoms with E-state index in [9.17, 15) is 0 Å². The Morgan fingerprint density at radius 1 is 1.17 bits per heavy atom. The summed E-state index contributed by atoms with van der Waals surface area (Å²) < 4.78 is 0. The van der Waals surface area contributed by atoms with Gasteiger partial charge in [-0.1, -0.05) is 6.42 Å². The minimum absolute atomic E-state index is 0.429. The molecular weight excluding hydrogens is 170 g/mol. The fourth-order valence-corrected chi connectivity index (χ4v) is 2.55. The first kappa shape index (κ1) is 8.83. The molecule has 70 valence electrons. The maximum absolute atomic E-state index is 6.11. The quantitative estimate of drug-likeness (QED) is 0.601. The van der Waals surface area contributed by atoms with Crippen molar-refractivity contribution >= 4 is 11.6 Å². The fraction of sp³-hybridized carbons (Fsp3) is 1.00. The van der Waals surface area contributed by atoms with Gasteiger partial charge in [0.05, 0.1) is 0 Å². The van der Waals surface area contributed by atoms with E-state index in [1.54, 1.807) is 0 Å². The van der Waals surface area contributed by atoms with E-state index < -0.39 is 0 Å². The van der Waals surface area contributed by atoms with E-state index in [0.29, 0.717) is 5.38 Å². The van der Waals surface area contributed by atoms with Crippen LogP contribution in [0.15, 0.2) is 0 Å². The van der Waals surface area contributed by atoms with E-state index in [1.807, 2.05) is 0 Å². The zero-order valence-electron chi connectivity index (χ0n) is 7.64. The first-order valence-electron chi connectivity index (χ1n) is 5.21. The van der Waals surface area contributed by atoms with Crippen molar-refractivity contribution in [2.24, 2.45) is 5.92 Å². The van der Waals surface area contributed by atoms with Gasteiger partial charge >= 0.3 is 0 Å². The fourth-order valence-electron chi connectivity index (χ4n) is 2.21. The second-order valence-corrected chi connectivity index (χ2v) is 4.91. The number of halogens is 1. The zero-order valence-corrected chi connectivity index (χ0v) is 8.39.